The lowest BCUT2D eigenvalue weighted by Gasteiger charge is -2.09. The molecule has 27 heavy (non-hydrogen) atoms. The van der Waals surface area contributed by atoms with Gasteiger partial charge in [-0.25, -0.2) is 4.98 Å². The summed E-state index contributed by atoms with van der Waals surface area (Å²) < 4.78 is 0. The molecule has 1 aromatic heterocycles. The number of carbonyl (C=O) groups excluding carboxylic acids is 2. The highest BCUT2D eigenvalue weighted by Crippen LogP contribution is 2.11. The van der Waals surface area contributed by atoms with E-state index < -0.39 is 0 Å². The molecule has 3 aromatic rings. The van der Waals surface area contributed by atoms with Gasteiger partial charge in [0.25, 0.3) is 11.8 Å². The number of nitrogens with zero attached hydrogens (tertiary/aromatic N) is 1. The fourth-order valence-electron chi connectivity index (χ4n) is 2.59. The smallest absolute Gasteiger partial charge is 0.274 e. The van der Waals surface area contributed by atoms with Crippen molar-refractivity contribution < 1.29 is 9.59 Å². The van der Waals surface area contributed by atoms with Gasteiger partial charge in [-0.2, -0.15) is 0 Å². The molecule has 0 unspecified atom stereocenters. The quantitative estimate of drug-likeness (QED) is 0.726. The summed E-state index contributed by atoms with van der Waals surface area (Å²) in [6, 6.07) is 20.2. The molecule has 0 aliphatic rings. The molecule has 2 N–H and O–H groups in total. The number of carbonyl (C=O) groups is 2. The molecule has 5 heteroatoms. The topological polar surface area (TPSA) is 71.1 Å². The van der Waals surface area contributed by atoms with Gasteiger partial charge in [-0.05, 0) is 49.2 Å². The first-order valence-corrected chi connectivity index (χ1v) is 8.71. The molecule has 5 nitrogen and oxygen atoms in total. The average molecular weight is 359 g/mol. The molecular weight excluding hydrogens is 338 g/mol. The Morgan fingerprint density at radius 1 is 0.815 bits per heavy atom. The van der Waals surface area contributed by atoms with Crippen molar-refractivity contribution >= 4 is 17.5 Å². The van der Waals surface area contributed by atoms with Crippen LogP contribution >= 0.6 is 0 Å². The van der Waals surface area contributed by atoms with Gasteiger partial charge in [-0.15, -0.1) is 0 Å². The molecule has 0 spiro atoms. The van der Waals surface area contributed by atoms with E-state index >= 15 is 0 Å². The number of pyridine rings is 1. The highest BCUT2D eigenvalue weighted by molar-refractivity contribution is 6.03. The number of aryl methyl sites for hydroxylation is 2. The highest BCUT2D eigenvalue weighted by Gasteiger charge is 2.13. The number of hydrogen-bond acceptors (Lipinski definition) is 3. The van der Waals surface area contributed by atoms with E-state index in [9.17, 15) is 9.59 Å². The number of rotatable bonds is 5. The second kappa shape index (κ2) is 8.27. The van der Waals surface area contributed by atoms with Crippen molar-refractivity contribution in [1.29, 1.82) is 0 Å². The van der Waals surface area contributed by atoms with Crippen molar-refractivity contribution in [2.24, 2.45) is 0 Å². The molecular formula is C22H21N3O2. The molecule has 136 valence electrons. The van der Waals surface area contributed by atoms with Crippen LogP contribution in [-0.2, 0) is 6.54 Å². The number of nitrogens with one attached hydrogen (secondary N) is 2. The summed E-state index contributed by atoms with van der Waals surface area (Å²) in [7, 11) is 0. The van der Waals surface area contributed by atoms with Gasteiger partial charge in [0.1, 0.15) is 11.4 Å². The number of benzene rings is 2. The third-order valence-electron chi connectivity index (χ3n) is 4.22. The summed E-state index contributed by atoms with van der Waals surface area (Å²) in [5.41, 5.74) is 4.34. The van der Waals surface area contributed by atoms with Crippen molar-refractivity contribution in [3.8, 4) is 0 Å². The van der Waals surface area contributed by atoms with Gasteiger partial charge in [0.2, 0.25) is 0 Å². The molecule has 2 aromatic carbocycles. The van der Waals surface area contributed by atoms with E-state index in [0.717, 1.165) is 16.7 Å². The standard InChI is InChI=1S/C22H21N3O2/c1-15-10-12-18(13-11-15)24-22(27)20-9-5-8-19(25-20)21(26)23-14-17-7-4-3-6-16(17)2/h3-13H,14H2,1-2H3,(H,23,26)(H,24,27). The molecule has 1 heterocycles. The first-order chi connectivity index (χ1) is 13.0. The van der Waals surface area contributed by atoms with Gasteiger partial charge in [-0.3, -0.25) is 9.59 Å². The molecule has 0 aliphatic carbocycles. The normalized spacial score (nSPS) is 10.3. The molecule has 0 atom stereocenters. The first-order valence-electron chi connectivity index (χ1n) is 8.71. The highest BCUT2D eigenvalue weighted by atomic mass is 16.2. The molecule has 2 amide bonds. The Morgan fingerprint density at radius 2 is 1.48 bits per heavy atom. The second-order valence-corrected chi connectivity index (χ2v) is 6.34. The largest absolute Gasteiger partial charge is 0.347 e. The lowest BCUT2D eigenvalue weighted by molar-refractivity contribution is 0.0945. The van der Waals surface area contributed by atoms with E-state index in [0.29, 0.717) is 12.2 Å². The van der Waals surface area contributed by atoms with Crippen LogP contribution in [0.25, 0.3) is 0 Å². The van der Waals surface area contributed by atoms with E-state index in [-0.39, 0.29) is 23.2 Å². The Balaban J connectivity index is 1.67. The zero-order chi connectivity index (χ0) is 19.2. The minimum atomic E-state index is -0.354. The van der Waals surface area contributed by atoms with E-state index in [2.05, 4.69) is 15.6 Å². The van der Waals surface area contributed by atoms with Crippen molar-refractivity contribution in [2.45, 2.75) is 20.4 Å². The number of amides is 2. The van der Waals surface area contributed by atoms with Crippen molar-refractivity contribution in [1.82, 2.24) is 10.3 Å². The molecule has 0 fully saturated rings. The fraction of sp³-hybridized carbons (Fsp3) is 0.136. The van der Waals surface area contributed by atoms with Crippen LogP contribution in [0.15, 0.2) is 66.7 Å². The minimum absolute atomic E-state index is 0.194. The van der Waals surface area contributed by atoms with E-state index in [1.807, 2.05) is 62.4 Å². The third kappa shape index (κ3) is 4.79. The van der Waals surface area contributed by atoms with Gasteiger partial charge < -0.3 is 10.6 Å². The molecule has 0 saturated carbocycles. The maximum absolute atomic E-state index is 12.4. The van der Waals surface area contributed by atoms with Gasteiger partial charge in [0, 0.05) is 12.2 Å². The van der Waals surface area contributed by atoms with Crippen LogP contribution in [0.3, 0.4) is 0 Å². The Kier molecular flexibility index (Phi) is 5.61. The fourth-order valence-corrected chi connectivity index (χ4v) is 2.59. The zero-order valence-electron chi connectivity index (χ0n) is 15.3. The summed E-state index contributed by atoms with van der Waals surface area (Å²) in [4.78, 5) is 29.0. The summed E-state index contributed by atoms with van der Waals surface area (Å²) in [5, 5.41) is 5.63. The van der Waals surface area contributed by atoms with Crippen LogP contribution < -0.4 is 10.6 Å². The van der Waals surface area contributed by atoms with Crippen molar-refractivity contribution in [2.75, 3.05) is 5.32 Å². The summed E-state index contributed by atoms with van der Waals surface area (Å²) in [6.45, 7) is 4.38. The minimum Gasteiger partial charge on any atom is -0.347 e. The Hall–Kier alpha value is -3.47. The van der Waals surface area contributed by atoms with E-state index in [4.69, 9.17) is 0 Å². The summed E-state index contributed by atoms with van der Waals surface area (Å²) >= 11 is 0. The monoisotopic (exact) mass is 359 g/mol. The predicted octanol–water partition coefficient (Wildman–Crippen LogP) is 3.88. The first kappa shape index (κ1) is 18.3. The third-order valence-corrected chi connectivity index (χ3v) is 4.22. The molecule has 0 saturated heterocycles. The van der Waals surface area contributed by atoms with E-state index in [1.165, 1.54) is 0 Å². The lowest BCUT2D eigenvalue weighted by Crippen LogP contribution is -2.25. The number of hydrogen-bond donors (Lipinski definition) is 2. The van der Waals surface area contributed by atoms with Crippen LogP contribution in [0, 0.1) is 13.8 Å². The van der Waals surface area contributed by atoms with Crippen LogP contribution in [0.2, 0.25) is 0 Å². The zero-order valence-corrected chi connectivity index (χ0v) is 15.3. The SMILES string of the molecule is Cc1ccc(NC(=O)c2cccc(C(=O)NCc3ccccc3C)n2)cc1. The predicted molar refractivity (Wildman–Crippen MR) is 106 cm³/mol. The van der Waals surface area contributed by atoms with Crippen LogP contribution in [0.5, 0.6) is 0 Å². The maximum Gasteiger partial charge on any atom is 0.274 e. The lowest BCUT2D eigenvalue weighted by atomic mass is 10.1. The van der Waals surface area contributed by atoms with Crippen molar-refractivity contribution in [3.05, 3.63) is 94.8 Å². The summed E-state index contributed by atoms with van der Waals surface area (Å²) in [6.07, 6.45) is 0. The number of aromatic nitrogens is 1. The average Bonchev–Trinajstić information content (AvgIpc) is 2.69. The van der Waals surface area contributed by atoms with Crippen molar-refractivity contribution in [3.63, 3.8) is 0 Å². The maximum atomic E-state index is 12.4. The molecule has 0 radical (unpaired) electrons. The summed E-state index contributed by atoms with van der Waals surface area (Å²) in [5.74, 6) is -0.671. The van der Waals surface area contributed by atoms with Crippen LogP contribution in [-0.4, -0.2) is 16.8 Å². The second-order valence-electron chi connectivity index (χ2n) is 6.34. The Labute approximate surface area is 158 Å². The van der Waals surface area contributed by atoms with Gasteiger partial charge >= 0.3 is 0 Å². The van der Waals surface area contributed by atoms with Crippen LogP contribution in [0.1, 0.15) is 37.7 Å². The van der Waals surface area contributed by atoms with Gasteiger partial charge in [-0.1, -0.05) is 48.0 Å². The van der Waals surface area contributed by atoms with Crippen LogP contribution in [0.4, 0.5) is 5.69 Å². The van der Waals surface area contributed by atoms with Gasteiger partial charge in [0.05, 0.1) is 0 Å². The Bertz CT molecular complexity index is 965. The number of anilines is 1. The van der Waals surface area contributed by atoms with E-state index in [1.54, 1.807) is 18.2 Å². The molecule has 3 rings (SSSR count). The molecule has 0 bridgehead atoms. The molecule has 0 aliphatic heterocycles. The van der Waals surface area contributed by atoms with Gasteiger partial charge in [0.15, 0.2) is 0 Å². The Morgan fingerprint density at radius 3 is 2.19 bits per heavy atom.